The summed E-state index contributed by atoms with van der Waals surface area (Å²) >= 11 is 0. The maximum absolute atomic E-state index is 4.57. The molecule has 1 rings (SSSR count). The Bertz CT molecular complexity index is 282. The molecule has 0 N–H and O–H groups in total. The van der Waals surface area contributed by atoms with Crippen LogP contribution in [-0.2, 0) is 0 Å². The largest absolute Gasteiger partial charge is 0.264 e. The monoisotopic (exact) mass is 191 g/mol. The fourth-order valence-electron chi connectivity index (χ4n) is 1.34. The lowest BCUT2D eigenvalue weighted by atomic mass is 9.80. The molecule has 0 aromatic carbocycles. The second-order valence-corrected chi connectivity index (χ2v) is 4.88. The van der Waals surface area contributed by atoms with Gasteiger partial charge in [-0.25, -0.2) is 0 Å². The number of hydrogen-bond acceptors (Lipinski definition) is 1. The molecule has 0 fully saturated rings. The van der Waals surface area contributed by atoms with Crippen molar-refractivity contribution in [2.75, 3.05) is 0 Å². The van der Waals surface area contributed by atoms with Gasteiger partial charge in [-0.15, -0.1) is 0 Å². The van der Waals surface area contributed by atoms with Gasteiger partial charge in [0.15, 0.2) is 0 Å². The second-order valence-electron chi connectivity index (χ2n) is 4.88. The van der Waals surface area contributed by atoms with Crippen molar-refractivity contribution >= 4 is 6.21 Å². The van der Waals surface area contributed by atoms with Gasteiger partial charge in [-0.2, -0.15) is 0 Å². The Morgan fingerprint density at radius 3 is 2.36 bits per heavy atom. The van der Waals surface area contributed by atoms with E-state index in [1.807, 2.05) is 0 Å². The van der Waals surface area contributed by atoms with Crippen LogP contribution >= 0.6 is 0 Å². The first kappa shape index (κ1) is 11.2. The number of rotatable bonds is 2. The lowest BCUT2D eigenvalue weighted by Gasteiger charge is -2.25. The summed E-state index contributed by atoms with van der Waals surface area (Å²) in [6, 6.07) is 0. The first-order chi connectivity index (χ1) is 6.46. The van der Waals surface area contributed by atoms with Gasteiger partial charge in [0.2, 0.25) is 0 Å². The maximum Gasteiger partial charge on any atom is 0.0425 e. The summed E-state index contributed by atoms with van der Waals surface area (Å²) in [5.74, 6) is 1.09. The Morgan fingerprint density at radius 1 is 1.21 bits per heavy atom. The summed E-state index contributed by atoms with van der Waals surface area (Å²) in [6.07, 6.45) is 8.60. The minimum atomic E-state index is 0.104. The van der Waals surface area contributed by atoms with E-state index >= 15 is 0 Å². The quantitative estimate of drug-likeness (QED) is 0.629. The van der Waals surface area contributed by atoms with E-state index < -0.39 is 0 Å². The number of aliphatic imine (C=N–C) groups is 1. The molecule has 0 amide bonds. The molecular weight excluding hydrogens is 170 g/mol. The zero-order chi connectivity index (χ0) is 10.8. The van der Waals surface area contributed by atoms with Crippen molar-refractivity contribution in [1.29, 1.82) is 0 Å². The molecule has 1 unspecified atom stereocenters. The first-order valence-electron chi connectivity index (χ1n) is 5.40. The van der Waals surface area contributed by atoms with Crippen LogP contribution in [-0.4, -0.2) is 6.21 Å². The normalized spacial score (nSPS) is 26.9. The van der Waals surface area contributed by atoms with Crippen molar-refractivity contribution < 1.29 is 0 Å². The summed E-state index contributed by atoms with van der Waals surface area (Å²) in [5, 5.41) is 0. The van der Waals surface area contributed by atoms with Crippen molar-refractivity contribution in [2.45, 2.75) is 34.6 Å². The van der Waals surface area contributed by atoms with Gasteiger partial charge in [0.05, 0.1) is 0 Å². The molecule has 78 valence electrons. The molecule has 0 aromatic heterocycles. The van der Waals surface area contributed by atoms with E-state index in [0.717, 1.165) is 0 Å². The standard InChI is InChI=1S/C13H21N/c1-10(2)12-7-6-8-13(5,9-14-12)11(3)4/h6-11H,1-5H3. The first-order valence-corrected chi connectivity index (χ1v) is 5.40. The number of nitrogens with zero attached hydrogens (tertiary/aromatic N) is 1. The summed E-state index contributed by atoms with van der Waals surface area (Å²) in [7, 11) is 0. The van der Waals surface area contributed by atoms with Crippen LogP contribution in [0, 0.1) is 17.3 Å². The van der Waals surface area contributed by atoms with Gasteiger partial charge < -0.3 is 0 Å². The predicted molar refractivity (Wildman–Crippen MR) is 63.5 cm³/mol. The Kier molecular flexibility index (Phi) is 3.30. The molecule has 1 aliphatic heterocycles. The fourth-order valence-corrected chi connectivity index (χ4v) is 1.34. The molecule has 14 heavy (non-hydrogen) atoms. The minimum Gasteiger partial charge on any atom is -0.264 e. The SMILES string of the molecule is CC(C)C1=CC=CC(C)(C(C)C)C=N1. The molecule has 0 saturated heterocycles. The highest BCUT2D eigenvalue weighted by Crippen LogP contribution is 2.29. The smallest absolute Gasteiger partial charge is 0.0425 e. The molecule has 1 atom stereocenters. The van der Waals surface area contributed by atoms with E-state index in [9.17, 15) is 0 Å². The van der Waals surface area contributed by atoms with Crippen LogP contribution in [0.25, 0.3) is 0 Å². The van der Waals surface area contributed by atoms with E-state index in [2.05, 4.69) is 64.1 Å². The average molecular weight is 191 g/mol. The Balaban J connectivity index is 2.92. The molecule has 0 aliphatic carbocycles. The summed E-state index contributed by atoms with van der Waals surface area (Å²) in [6.45, 7) is 11.0. The molecule has 1 heteroatoms. The third kappa shape index (κ3) is 2.34. The van der Waals surface area contributed by atoms with E-state index in [-0.39, 0.29) is 5.41 Å². The van der Waals surface area contributed by atoms with Crippen LogP contribution in [0.4, 0.5) is 0 Å². The Hall–Kier alpha value is -0.850. The van der Waals surface area contributed by atoms with Gasteiger partial charge in [-0.1, -0.05) is 46.8 Å². The van der Waals surface area contributed by atoms with Gasteiger partial charge >= 0.3 is 0 Å². The molecule has 0 aromatic rings. The Morgan fingerprint density at radius 2 is 1.86 bits per heavy atom. The highest BCUT2D eigenvalue weighted by Gasteiger charge is 2.23. The van der Waals surface area contributed by atoms with Crippen LogP contribution in [0.15, 0.2) is 28.9 Å². The molecule has 1 nitrogen and oxygen atoms in total. The summed E-state index contributed by atoms with van der Waals surface area (Å²) in [4.78, 5) is 4.57. The highest BCUT2D eigenvalue weighted by atomic mass is 14.8. The molecule has 0 radical (unpaired) electrons. The average Bonchev–Trinajstić information content (AvgIpc) is 2.28. The van der Waals surface area contributed by atoms with Crippen molar-refractivity contribution in [3.63, 3.8) is 0 Å². The summed E-state index contributed by atoms with van der Waals surface area (Å²) < 4.78 is 0. The van der Waals surface area contributed by atoms with E-state index in [1.165, 1.54) is 5.70 Å². The van der Waals surface area contributed by atoms with Gasteiger partial charge in [0.25, 0.3) is 0 Å². The topological polar surface area (TPSA) is 12.4 Å². The van der Waals surface area contributed by atoms with Gasteiger partial charge in [0.1, 0.15) is 0 Å². The van der Waals surface area contributed by atoms with Crippen LogP contribution in [0.3, 0.4) is 0 Å². The van der Waals surface area contributed by atoms with E-state index in [1.54, 1.807) is 0 Å². The van der Waals surface area contributed by atoms with Crippen molar-refractivity contribution in [1.82, 2.24) is 0 Å². The lowest BCUT2D eigenvalue weighted by Crippen LogP contribution is -2.22. The molecular formula is C13H21N. The summed E-state index contributed by atoms with van der Waals surface area (Å²) in [5.41, 5.74) is 1.28. The van der Waals surface area contributed by atoms with Gasteiger partial charge in [0, 0.05) is 17.3 Å². The van der Waals surface area contributed by atoms with Crippen LogP contribution < -0.4 is 0 Å². The van der Waals surface area contributed by atoms with Gasteiger partial charge in [-0.05, 0) is 17.9 Å². The maximum atomic E-state index is 4.57. The molecule has 1 aliphatic rings. The third-order valence-corrected chi connectivity index (χ3v) is 3.05. The predicted octanol–water partition coefficient (Wildman–Crippen LogP) is 3.83. The Labute approximate surface area is 87.6 Å². The zero-order valence-corrected chi connectivity index (χ0v) is 9.91. The van der Waals surface area contributed by atoms with Gasteiger partial charge in [-0.3, -0.25) is 4.99 Å². The second kappa shape index (κ2) is 4.12. The lowest BCUT2D eigenvalue weighted by molar-refractivity contribution is 0.424. The van der Waals surface area contributed by atoms with Crippen molar-refractivity contribution in [3.8, 4) is 0 Å². The number of hydrogen-bond donors (Lipinski definition) is 0. The van der Waals surface area contributed by atoms with Crippen LogP contribution in [0.2, 0.25) is 0 Å². The van der Waals surface area contributed by atoms with Crippen molar-refractivity contribution in [3.05, 3.63) is 23.9 Å². The third-order valence-electron chi connectivity index (χ3n) is 3.05. The van der Waals surface area contributed by atoms with E-state index in [4.69, 9.17) is 0 Å². The molecule has 0 spiro atoms. The zero-order valence-electron chi connectivity index (χ0n) is 9.91. The fraction of sp³-hybridized carbons (Fsp3) is 0.615. The number of allylic oxidation sites excluding steroid dienone is 4. The van der Waals surface area contributed by atoms with Crippen molar-refractivity contribution in [2.24, 2.45) is 22.2 Å². The molecule has 1 heterocycles. The highest BCUT2D eigenvalue weighted by molar-refractivity contribution is 5.70. The molecule has 0 bridgehead atoms. The minimum absolute atomic E-state index is 0.104. The molecule has 0 saturated carbocycles. The van der Waals surface area contributed by atoms with E-state index in [0.29, 0.717) is 11.8 Å². The van der Waals surface area contributed by atoms with Crippen LogP contribution in [0.1, 0.15) is 34.6 Å². The van der Waals surface area contributed by atoms with Crippen LogP contribution in [0.5, 0.6) is 0 Å².